The van der Waals surface area contributed by atoms with Gasteiger partial charge in [0.2, 0.25) is 0 Å². The molecule has 1 aromatic heterocycles. The number of rotatable bonds is 4. The van der Waals surface area contributed by atoms with Crippen molar-refractivity contribution >= 4 is 5.91 Å². The van der Waals surface area contributed by atoms with E-state index in [0.717, 1.165) is 32.5 Å². The van der Waals surface area contributed by atoms with Crippen LogP contribution in [0, 0.1) is 12.1 Å². The first-order valence-electron chi connectivity index (χ1n) is 8.39. The van der Waals surface area contributed by atoms with Crippen molar-refractivity contribution < 1.29 is 9.52 Å². The Morgan fingerprint density at radius 1 is 1.21 bits per heavy atom. The van der Waals surface area contributed by atoms with Crippen LogP contribution in [0.3, 0.4) is 0 Å². The van der Waals surface area contributed by atoms with Crippen molar-refractivity contribution in [2.75, 3.05) is 13.1 Å². The van der Waals surface area contributed by atoms with Gasteiger partial charge in [-0.05, 0) is 37.0 Å². The van der Waals surface area contributed by atoms with Gasteiger partial charge in [-0.3, -0.25) is 9.69 Å². The summed E-state index contributed by atoms with van der Waals surface area (Å²) in [6, 6.07) is 13.5. The molecule has 1 aliphatic heterocycles. The molecule has 0 bridgehead atoms. The average Bonchev–Trinajstić information content (AvgIpc) is 2.59. The fraction of sp³-hybridized carbons (Fsp3) is 0.368. The molecule has 1 fully saturated rings. The van der Waals surface area contributed by atoms with Crippen molar-refractivity contribution in [3.63, 3.8) is 0 Å². The van der Waals surface area contributed by atoms with Crippen molar-refractivity contribution in [1.82, 2.24) is 10.2 Å². The number of carbonyl (C=O) groups excluding carboxylic acids is 1. The summed E-state index contributed by atoms with van der Waals surface area (Å²) in [5, 5.41) is 14.6. The molecule has 5 heteroatoms. The maximum atomic E-state index is 12.2. The van der Waals surface area contributed by atoms with Gasteiger partial charge in [0, 0.05) is 37.8 Å². The third-order valence-electron chi connectivity index (χ3n) is 4.63. The summed E-state index contributed by atoms with van der Waals surface area (Å²) in [7, 11) is 0. The average molecular weight is 325 g/mol. The number of aromatic nitrogens is 1. The van der Waals surface area contributed by atoms with Crippen LogP contribution in [0.2, 0.25) is 0 Å². The Labute approximate surface area is 142 Å². The monoisotopic (exact) mass is 325 g/mol. The molecule has 1 aromatic carbocycles. The van der Waals surface area contributed by atoms with Gasteiger partial charge in [-0.15, -0.1) is 0 Å². The third kappa shape index (κ3) is 3.92. The first kappa shape index (κ1) is 16.5. The Morgan fingerprint density at radius 3 is 2.62 bits per heavy atom. The van der Waals surface area contributed by atoms with Gasteiger partial charge in [-0.2, -0.15) is 4.73 Å². The van der Waals surface area contributed by atoms with E-state index in [1.54, 1.807) is 18.2 Å². The normalized spacial score (nSPS) is 16.0. The van der Waals surface area contributed by atoms with Crippen LogP contribution >= 0.6 is 0 Å². The van der Waals surface area contributed by atoms with Crippen molar-refractivity contribution in [3.05, 3.63) is 70.7 Å². The molecule has 5 nitrogen and oxygen atoms in total. The van der Waals surface area contributed by atoms with Gasteiger partial charge in [-0.1, -0.05) is 24.3 Å². The predicted molar refractivity (Wildman–Crippen MR) is 92.3 cm³/mol. The Kier molecular flexibility index (Phi) is 5.11. The molecule has 1 N–H and O–H groups in total. The fourth-order valence-corrected chi connectivity index (χ4v) is 3.13. The second-order valence-corrected chi connectivity index (χ2v) is 6.36. The first-order chi connectivity index (χ1) is 11.6. The van der Waals surface area contributed by atoms with E-state index in [2.05, 4.69) is 41.4 Å². The van der Waals surface area contributed by atoms with Crippen LogP contribution in [0.1, 0.15) is 34.5 Å². The zero-order valence-corrected chi connectivity index (χ0v) is 13.9. The molecule has 0 spiro atoms. The quantitative estimate of drug-likeness (QED) is 0.691. The Hall–Kier alpha value is -2.40. The number of hydrogen-bond acceptors (Lipinski definition) is 3. The van der Waals surface area contributed by atoms with Crippen LogP contribution in [-0.4, -0.2) is 29.9 Å². The molecule has 1 aliphatic rings. The van der Waals surface area contributed by atoms with E-state index in [-0.39, 0.29) is 17.6 Å². The minimum Gasteiger partial charge on any atom is -0.618 e. The minimum absolute atomic E-state index is 0.130. The van der Waals surface area contributed by atoms with Crippen LogP contribution in [0.25, 0.3) is 0 Å². The third-order valence-corrected chi connectivity index (χ3v) is 4.63. The number of amides is 1. The molecular weight excluding hydrogens is 302 g/mol. The van der Waals surface area contributed by atoms with Crippen LogP contribution in [0.5, 0.6) is 0 Å². The molecule has 0 unspecified atom stereocenters. The number of nitrogens with zero attached hydrogens (tertiary/aromatic N) is 2. The lowest BCUT2D eigenvalue weighted by Gasteiger charge is -2.32. The van der Waals surface area contributed by atoms with Crippen LogP contribution in [0.4, 0.5) is 0 Å². The summed E-state index contributed by atoms with van der Waals surface area (Å²) >= 11 is 0. The maximum absolute atomic E-state index is 12.2. The largest absolute Gasteiger partial charge is 0.618 e. The first-order valence-corrected chi connectivity index (χ1v) is 8.39. The summed E-state index contributed by atoms with van der Waals surface area (Å²) in [4.78, 5) is 14.6. The van der Waals surface area contributed by atoms with E-state index >= 15 is 0 Å². The van der Waals surface area contributed by atoms with Gasteiger partial charge < -0.3 is 10.5 Å². The second kappa shape index (κ2) is 7.45. The fourth-order valence-electron chi connectivity index (χ4n) is 3.13. The Morgan fingerprint density at radius 2 is 1.92 bits per heavy atom. The smallest absolute Gasteiger partial charge is 0.317 e. The Bertz CT molecular complexity index is 709. The molecule has 2 aromatic rings. The van der Waals surface area contributed by atoms with Crippen molar-refractivity contribution in [2.45, 2.75) is 32.4 Å². The SMILES string of the molecule is Cc1ccccc1CN1CCC(NC(=O)c2cccc[n+]2[O-])CC1. The lowest BCUT2D eigenvalue weighted by Crippen LogP contribution is -2.47. The topological polar surface area (TPSA) is 59.3 Å². The number of carbonyl (C=O) groups is 1. The molecule has 0 atom stereocenters. The highest BCUT2D eigenvalue weighted by Crippen LogP contribution is 2.16. The number of piperidine rings is 1. The molecule has 0 aliphatic carbocycles. The Balaban J connectivity index is 1.51. The number of aryl methyl sites for hydroxylation is 1. The van der Waals surface area contributed by atoms with Crippen molar-refractivity contribution in [3.8, 4) is 0 Å². The standard InChI is InChI=1S/C19H23N3O2/c1-15-6-2-3-7-16(15)14-21-12-9-17(10-13-21)20-19(23)18-8-4-5-11-22(18)24/h2-8,11,17H,9-10,12-14H2,1H3,(H,20,23). The highest BCUT2D eigenvalue weighted by atomic mass is 16.5. The van der Waals surface area contributed by atoms with E-state index in [1.165, 1.54) is 17.3 Å². The van der Waals surface area contributed by atoms with Gasteiger partial charge in [0.25, 0.3) is 5.69 Å². The zero-order valence-electron chi connectivity index (χ0n) is 13.9. The van der Waals surface area contributed by atoms with Crippen molar-refractivity contribution in [2.24, 2.45) is 0 Å². The molecule has 0 saturated carbocycles. The number of pyridine rings is 1. The lowest BCUT2D eigenvalue weighted by molar-refractivity contribution is -0.607. The van der Waals surface area contributed by atoms with Crippen LogP contribution in [0.15, 0.2) is 48.7 Å². The molecule has 24 heavy (non-hydrogen) atoms. The summed E-state index contributed by atoms with van der Waals surface area (Å²) < 4.78 is 0.614. The summed E-state index contributed by atoms with van der Waals surface area (Å²) in [6.07, 6.45) is 3.16. The molecule has 3 rings (SSSR count). The zero-order chi connectivity index (χ0) is 16.9. The van der Waals surface area contributed by atoms with Crippen LogP contribution < -0.4 is 10.0 Å². The van der Waals surface area contributed by atoms with Gasteiger partial charge in [0.15, 0.2) is 6.20 Å². The predicted octanol–water partition coefficient (Wildman–Crippen LogP) is 2.02. The van der Waals surface area contributed by atoms with E-state index in [1.807, 2.05) is 0 Å². The van der Waals surface area contributed by atoms with Gasteiger partial charge in [0.1, 0.15) is 0 Å². The highest BCUT2D eigenvalue weighted by Gasteiger charge is 2.24. The van der Waals surface area contributed by atoms with E-state index in [0.29, 0.717) is 4.73 Å². The van der Waals surface area contributed by atoms with E-state index < -0.39 is 0 Å². The number of nitrogens with one attached hydrogen (secondary N) is 1. The van der Waals surface area contributed by atoms with Gasteiger partial charge in [-0.25, -0.2) is 0 Å². The van der Waals surface area contributed by atoms with Crippen LogP contribution in [-0.2, 0) is 6.54 Å². The molecule has 2 heterocycles. The molecular formula is C19H23N3O2. The number of hydrogen-bond donors (Lipinski definition) is 1. The highest BCUT2D eigenvalue weighted by molar-refractivity contribution is 5.91. The van der Waals surface area contributed by atoms with E-state index in [9.17, 15) is 10.0 Å². The number of likely N-dealkylation sites (tertiary alicyclic amines) is 1. The minimum atomic E-state index is -0.289. The van der Waals surface area contributed by atoms with Gasteiger partial charge >= 0.3 is 5.91 Å². The summed E-state index contributed by atoms with van der Waals surface area (Å²) in [5.41, 5.74) is 2.83. The van der Waals surface area contributed by atoms with Gasteiger partial charge in [0.05, 0.1) is 0 Å². The maximum Gasteiger partial charge on any atom is 0.317 e. The number of benzene rings is 1. The van der Waals surface area contributed by atoms with Crippen molar-refractivity contribution in [1.29, 1.82) is 0 Å². The second-order valence-electron chi connectivity index (χ2n) is 6.36. The summed E-state index contributed by atoms with van der Waals surface area (Å²) in [5.74, 6) is -0.289. The molecule has 0 radical (unpaired) electrons. The molecule has 1 amide bonds. The summed E-state index contributed by atoms with van der Waals surface area (Å²) in [6.45, 7) is 4.99. The van der Waals surface area contributed by atoms with E-state index in [4.69, 9.17) is 0 Å². The molecule has 126 valence electrons. The lowest BCUT2D eigenvalue weighted by atomic mass is 10.0. The molecule has 1 saturated heterocycles.